The second kappa shape index (κ2) is 6.57. The van der Waals surface area contributed by atoms with Crippen LogP contribution in [-0.4, -0.2) is 26.6 Å². The van der Waals surface area contributed by atoms with Crippen molar-refractivity contribution in [3.8, 4) is 0 Å². The minimum absolute atomic E-state index is 0.0382. The minimum Gasteiger partial charge on any atom is -0.331 e. The van der Waals surface area contributed by atoms with Crippen LogP contribution in [0.2, 0.25) is 0 Å². The molecule has 0 fully saturated rings. The number of carbonyl (C=O) groups excluding carboxylic acids is 1. The van der Waals surface area contributed by atoms with Gasteiger partial charge >= 0.3 is 0 Å². The summed E-state index contributed by atoms with van der Waals surface area (Å²) in [6.45, 7) is 9.32. The summed E-state index contributed by atoms with van der Waals surface area (Å²) in [4.78, 5) is 14.7. The van der Waals surface area contributed by atoms with Crippen molar-refractivity contribution in [3.05, 3.63) is 53.3 Å². The van der Waals surface area contributed by atoms with Gasteiger partial charge in [0.1, 0.15) is 5.69 Å². The largest absolute Gasteiger partial charge is 0.331 e. The molecular formula is C17H23N3O. The highest BCUT2D eigenvalue weighted by Crippen LogP contribution is 2.14. The van der Waals surface area contributed by atoms with Crippen molar-refractivity contribution < 1.29 is 4.79 Å². The first-order valence-electron chi connectivity index (χ1n) is 7.42. The highest BCUT2D eigenvalue weighted by molar-refractivity contribution is 5.92. The molecule has 112 valence electrons. The summed E-state index contributed by atoms with van der Waals surface area (Å²) >= 11 is 0. The molecule has 1 heterocycles. The van der Waals surface area contributed by atoms with Crippen LogP contribution in [-0.2, 0) is 13.1 Å². The molecule has 0 saturated heterocycles. The van der Waals surface area contributed by atoms with E-state index in [1.54, 1.807) is 4.68 Å². The second-order valence-electron chi connectivity index (χ2n) is 5.50. The van der Waals surface area contributed by atoms with Crippen LogP contribution in [0.3, 0.4) is 0 Å². The lowest BCUT2D eigenvalue weighted by atomic mass is 10.1. The Morgan fingerprint density at radius 1 is 1.29 bits per heavy atom. The normalized spacial score (nSPS) is 10.9. The monoisotopic (exact) mass is 285 g/mol. The summed E-state index contributed by atoms with van der Waals surface area (Å²) in [5.41, 5.74) is 2.68. The number of aryl methyl sites for hydroxylation is 2. The SMILES string of the molecule is CCn1nc(C)cc1C(=O)N(Cc1ccccc1)C(C)C. The minimum atomic E-state index is 0.0382. The van der Waals surface area contributed by atoms with Gasteiger partial charge in [-0.15, -0.1) is 0 Å². The van der Waals surface area contributed by atoms with Crippen molar-refractivity contribution in [2.24, 2.45) is 0 Å². The molecule has 0 atom stereocenters. The second-order valence-corrected chi connectivity index (χ2v) is 5.50. The Labute approximate surface area is 126 Å². The highest BCUT2D eigenvalue weighted by atomic mass is 16.2. The molecule has 1 amide bonds. The van der Waals surface area contributed by atoms with Crippen molar-refractivity contribution in [1.82, 2.24) is 14.7 Å². The molecular weight excluding hydrogens is 262 g/mol. The zero-order valence-electron chi connectivity index (χ0n) is 13.2. The quantitative estimate of drug-likeness (QED) is 0.845. The number of benzene rings is 1. The van der Waals surface area contributed by atoms with E-state index in [2.05, 4.69) is 5.10 Å². The van der Waals surface area contributed by atoms with Gasteiger partial charge in [-0.3, -0.25) is 9.48 Å². The Kier molecular flexibility index (Phi) is 4.78. The van der Waals surface area contributed by atoms with Crippen molar-refractivity contribution in [1.29, 1.82) is 0 Å². The molecule has 21 heavy (non-hydrogen) atoms. The lowest BCUT2D eigenvalue weighted by Crippen LogP contribution is -2.37. The molecule has 2 rings (SSSR count). The Bertz CT molecular complexity index is 602. The number of hydrogen-bond acceptors (Lipinski definition) is 2. The Hall–Kier alpha value is -2.10. The topological polar surface area (TPSA) is 38.1 Å². The van der Waals surface area contributed by atoms with E-state index in [4.69, 9.17) is 0 Å². The van der Waals surface area contributed by atoms with Crippen LogP contribution in [0.4, 0.5) is 0 Å². The van der Waals surface area contributed by atoms with Crippen LogP contribution in [0, 0.1) is 6.92 Å². The van der Waals surface area contributed by atoms with Crippen molar-refractivity contribution in [3.63, 3.8) is 0 Å². The number of nitrogens with zero attached hydrogens (tertiary/aromatic N) is 3. The number of amides is 1. The number of carbonyl (C=O) groups is 1. The fourth-order valence-electron chi connectivity index (χ4n) is 2.37. The molecule has 0 aliphatic carbocycles. The van der Waals surface area contributed by atoms with Gasteiger partial charge in [0.25, 0.3) is 5.91 Å². The number of hydrogen-bond donors (Lipinski definition) is 0. The van der Waals surface area contributed by atoms with Gasteiger partial charge < -0.3 is 4.90 Å². The van der Waals surface area contributed by atoms with Gasteiger partial charge in [0.15, 0.2) is 0 Å². The smallest absolute Gasteiger partial charge is 0.272 e. The van der Waals surface area contributed by atoms with E-state index in [0.717, 1.165) is 11.3 Å². The van der Waals surface area contributed by atoms with E-state index < -0.39 is 0 Å². The van der Waals surface area contributed by atoms with Crippen LogP contribution in [0.1, 0.15) is 42.5 Å². The Morgan fingerprint density at radius 3 is 2.52 bits per heavy atom. The third-order valence-electron chi connectivity index (χ3n) is 3.50. The highest BCUT2D eigenvalue weighted by Gasteiger charge is 2.22. The first kappa shape index (κ1) is 15.3. The summed E-state index contributed by atoms with van der Waals surface area (Å²) in [7, 11) is 0. The van der Waals surface area contributed by atoms with Gasteiger partial charge in [0.05, 0.1) is 5.69 Å². The fourth-order valence-corrected chi connectivity index (χ4v) is 2.37. The molecule has 0 unspecified atom stereocenters. The van der Waals surface area contributed by atoms with Crippen LogP contribution in [0.15, 0.2) is 36.4 Å². The summed E-state index contributed by atoms with van der Waals surface area (Å²) in [6, 6.07) is 12.1. The molecule has 0 saturated carbocycles. The third kappa shape index (κ3) is 3.51. The van der Waals surface area contributed by atoms with Gasteiger partial charge in [0.2, 0.25) is 0 Å². The summed E-state index contributed by atoms with van der Waals surface area (Å²) in [5, 5.41) is 4.37. The van der Waals surface area contributed by atoms with Gasteiger partial charge in [-0.2, -0.15) is 5.10 Å². The summed E-state index contributed by atoms with van der Waals surface area (Å²) in [5.74, 6) is 0.0382. The zero-order valence-corrected chi connectivity index (χ0v) is 13.2. The molecule has 0 N–H and O–H groups in total. The van der Waals surface area contributed by atoms with E-state index >= 15 is 0 Å². The van der Waals surface area contributed by atoms with E-state index in [1.165, 1.54) is 0 Å². The standard InChI is InChI=1S/C17H23N3O/c1-5-20-16(11-14(4)18-20)17(21)19(13(2)3)12-15-9-7-6-8-10-15/h6-11,13H,5,12H2,1-4H3. The van der Waals surface area contributed by atoms with Gasteiger partial charge in [-0.1, -0.05) is 30.3 Å². The Balaban J connectivity index is 2.27. The average Bonchev–Trinajstić information content (AvgIpc) is 2.86. The molecule has 0 bridgehead atoms. The molecule has 4 nitrogen and oxygen atoms in total. The molecule has 0 aliphatic heterocycles. The van der Waals surface area contributed by atoms with Gasteiger partial charge in [-0.05, 0) is 39.3 Å². The van der Waals surface area contributed by atoms with E-state index in [0.29, 0.717) is 18.8 Å². The maximum absolute atomic E-state index is 12.8. The molecule has 0 aliphatic rings. The van der Waals surface area contributed by atoms with Gasteiger partial charge in [-0.25, -0.2) is 0 Å². The van der Waals surface area contributed by atoms with Crippen LogP contribution in [0.5, 0.6) is 0 Å². The average molecular weight is 285 g/mol. The molecule has 0 spiro atoms. The predicted octanol–water partition coefficient (Wildman–Crippen LogP) is 3.26. The zero-order chi connectivity index (χ0) is 15.4. The number of rotatable bonds is 5. The molecule has 2 aromatic rings. The first-order chi connectivity index (χ1) is 10.0. The summed E-state index contributed by atoms with van der Waals surface area (Å²) < 4.78 is 1.78. The van der Waals surface area contributed by atoms with Crippen LogP contribution < -0.4 is 0 Å². The van der Waals surface area contributed by atoms with Crippen molar-refractivity contribution in [2.45, 2.75) is 46.8 Å². The first-order valence-corrected chi connectivity index (χ1v) is 7.42. The van der Waals surface area contributed by atoms with Gasteiger partial charge in [0, 0.05) is 19.1 Å². The van der Waals surface area contributed by atoms with Crippen LogP contribution in [0.25, 0.3) is 0 Å². The van der Waals surface area contributed by atoms with Crippen molar-refractivity contribution >= 4 is 5.91 Å². The number of aromatic nitrogens is 2. The molecule has 4 heteroatoms. The van der Waals surface area contributed by atoms with Crippen LogP contribution >= 0.6 is 0 Å². The van der Waals surface area contributed by atoms with E-state index in [1.807, 2.05) is 69.0 Å². The molecule has 0 radical (unpaired) electrons. The molecule has 1 aromatic carbocycles. The lowest BCUT2D eigenvalue weighted by Gasteiger charge is -2.27. The third-order valence-corrected chi connectivity index (χ3v) is 3.50. The molecule has 1 aromatic heterocycles. The lowest BCUT2D eigenvalue weighted by molar-refractivity contribution is 0.0677. The van der Waals surface area contributed by atoms with E-state index in [9.17, 15) is 4.79 Å². The predicted molar refractivity (Wildman–Crippen MR) is 84.1 cm³/mol. The summed E-state index contributed by atoms with van der Waals surface area (Å²) in [6.07, 6.45) is 0. The maximum atomic E-state index is 12.8. The Morgan fingerprint density at radius 2 is 1.95 bits per heavy atom. The maximum Gasteiger partial charge on any atom is 0.272 e. The van der Waals surface area contributed by atoms with Crippen molar-refractivity contribution in [2.75, 3.05) is 0 Å². The fraction of sp³-hybridized carbons (Fsp3) is 0.412. The van der Waals surface area contributed by atoms with E-state index in [-0.39, 0.29) is 11.9 Å².